The summed E-state index contributed by atoms with van der Waals surface area (Å²) in [4.78, 5) is 10.7. The number of para-hydroxylation sites is 1. The van der Waals surface area contributed by atoms with E-state index < -0.39 is 0 Å². The van der Waals surface area contributed by atoms with Crippen LogP contribution >= 0.6 is 0 Å². The maximum Gasteiger partial charge on any atom is 0.222 e. The third kappa shape index (κ3) is 1.29. The van der Waals surface area contributed by atoms with E-state index in [9.17, 15) is 10.0 Å². The number of aromatic nitrogens is 1. The number of nitroso groups, excluding NO2 is 1. The molecule has 4 nitrogen and oxygen atoms in total. The molecular formula is C11H12N2O2. The van der Waals surface area contributed by atoms with E-state index in [4.69, 9.17) is 0 Å². The standard InChI is InChI=1S/C11H12N2O2/c1-7(2)13-9-6-4-3-5-8(9)10(12-15)11(13)14/h3-7,14H,1-2H3. The molecular weight excluding hydrogens is 192 g/mol. The Morgan fingerprint density at radius 2 is 2.00 bits per heavy atom. The number of aromatic hydroxyl groups is 1. The third-order valence-electron chi connectivity index (χ3n) is 2.47. The fourth-order valence-corrected chi connectivity index (χ4v) is 1.85. The molecule has 0 saturated carbocycles. The van der Waals surface area contributed by atoms with Crippen molar-refractivity contribution in [1.29, 1.82) is 0 Å². The summed E-state index contributed by atoms with van der Waals surface area (Å²) < 4.78 is 1.70. The van der Waals surface area contributed by atoms with E-state index in [1.807, 2.05) is 32.0 Å². The molecule has 0 atom stereocenters. The molecule has 0 amide bonds. The highest BCUT2D eigenvalue weighted by molar-refractivity contribution is 5.95. The second-order valence-corrected chi connectivity index (χ2v) is 3.74. The van der Waals surface area contributed by atoms with E-state index in [1.54, 1.807) is 10.6 Å². The molecule has 1 aromatic heterocycles. The zero-order valence-electron chi connectivity index (χ0n) is 8.64. The molecule has 2 rings (SSSR count). The quantitative estimate of drug-likeness (QED) is 0.763. The fourth-order valence-electron chi connectivity index (χ4n) is 1.85. The van der Waals surface area contributed by atoms with Crippen LogP contribution in [0.5, 0.6) is 5.88 Å². The van der Waals surface area contributed by atoms with Gasteiger partial charge in [-0.2, -0.15) is 0 Å². The first-order chi connectivity index (χ1) is 7.16. The lowest BCUT2D eigenvalue weighted by molar-refractivity contribution is 0.407. The van der Waals surface area contributed by atoms with Crippen LogP contribution in [0.25, 0.3) is 10.9 Å². The van der Waals surface area contributed by atoms with Crippen molar-refractivity contribution in [1.82, 2.24) is 4.57 Å². The first-order valence-electron chi connectivity index (χ1n) is 4.82. The number of rotatable bonds is 2. The van der Waals surface area contributed by atoms with E-state index in [2.05, 4.69) is 5.18 Å². The van der Waals surface area contributed by atoms with Gasteiger partial charge >= 0.3 is 0 Å². The highest BCUT2D eigenvalue weighted by atomic mass is 16.3. The molecule has 0 radical (unpaired) electrons. The predicted molar refractivity (Wildman–Crippen MR) is 59.4 cm³/mol. The van der Waals surface area contributed by atoms with Crippen molar-refractivity contribution >= 4 is 16.6 Å². The average Bonchev–Trinajstić information content (AvgIpc) is 2.49. The van der Waals surface area contributed by atoms with Crippen molar-refractivity contribution in [3.63, 3.8) is 0 Å². The first kappa shape index (κ1) is 9.71. The van der Waals surface area contributed by atoms with Crippen LogP contribution in [0.2, 0.25) is 0 Å². The van der Waals surface area contributed by atoms with Crippen molar-refractivity contribution in [3.8, 4) is 5.88 Å². The third-order valence-corrected chi connectivity index (χ3v) is 2.47. The zero-order chi connectivity index (χ0) is 11.0. The molecule has 0 spiro atoms. The van der Waals surface area contributed by atoms with E-state index in [-0.39, 0.29) is 17.6 Å². The van der Waals surface area contributed by atoms with Crippen LogP contribution in [0.3, 0.4) is 0 Å². The summed E-state index contributed by atoms with van der Waals surface area (Å²) in [7, 11) is 0. The number of fused-ring (bicyclic) bond motifs is 1. The van der Waals surface area contributed by atoms with Crippen LogP contribution < -0.4 is 0 Å². The van der Waals surface area contributed by atoms with Gasteiger partial charge in [0, 0.05) is 11.4 Å². The number of hydrogen-bond acceptors (Lipinski definition) is 3. The van der Waals surface area contributed by atoms with Gasteiger partial charge in [-0.1, -0.05) is 18.2 Å². The van der Waals surface area contributed by atoms with Crippen LogP contribution in [0, 0.1) is 4.91 Å². The Morgan fingerprint density at radius 3 is 2.60 bits per heavy atom. The van der Waals surface area contributed by atoms with Gasteiger partial charge < -0.3 is 9.67 Å². The molecule has 1 aromatic carbocycles. The lowest BCUT2D eigenvalue weighted by atomic mass is 10.2. The second kappa shape index (κ2) is 3.38. The summed E-state index contributed by atoms with van der Waals surface area (Å²) in [6.07, 6.45) is 0. The van der Waals surface area contributed by atoms with Crippen molar-refractivity contribution < 1.29 is 5.11 Å². The summed E-state index contributed by atoms with van der Waals surface area (Å²) in [5.41, 5.74) is 0.957. The van der Waals surface area contributed by atoms with Crippen LogP contribution in [-0.2, 0) is 0 Å². The van der Waals surface area contributed by atoms with Gasteiger partial charge in [0.05, 0.1) is 5.52 Å². The van der Waals surface area contributed by atoms with E-state index >= 15 is 0 Å². The maximum atomic E-state index is 10.7. The van der Waals surface area contributed by atoms with Gasteiger partial charge in [0.1, 0.15) is 0 Å². The van der Waals surface area contributed by atoms with Crippen LogP contribution in [0.15, 0.2) is 29.4 Å². The first-order valence-corrected chi connectivity index (χ1v) is 4.82. The van der Waals surface area contributed by atoms with Gasteiger partial charge in [0.25, 0.3) is 0 Å². The Bertz CT molecular complexity index is 515. The smallest absolute Gasteiger partial charge is 0.222 e. The molecule has 4 heteroatoms. The monoisotopic (exact) mass is 204 g/mol. The van der Waals surface area contributed by atoms with Crippen molar-refractivity contribution in [2.75, 3.05) is 0 Å². The predicted octanol–water partition coefficient (Wildman–Crippen LogP) is 3.33. The van der Waals surface area contributed by atoms with Gasteiger partial charge in [-0.3, -0.25) is 0 Å². The van der Waals surface area contributed by atoms with E-state index in [1.165, 1.54) is 0 Å². The van der Waals surface area contributed by atoms with E-state index in [0.29, 0.717) is 5.39 Å². The van der Waals surface area contributed by atoms with Gasteiger partial charge in [-0.05, 0) is 25.1 Å². The highest BCUT2D eigenvalue weighted by Gasteiger charge is 2.18. The molecule has 15 heavy (non-hydrogen) atoms. The summed E-state index contributed by atoms with van der Waals surface area (Å²) in [5, 5.41) is 13.4. The largest absolute Gasteiger partial charge is 0.493 e. The lowest BCUT2D eigenvalue weighted by Crippen LogP contribution is -1.98. The molecule has 0 aliphatic heterocycles. The average molecular weight is 204 g/mol. The Kier molecular flexibility index (Phi) is 2.19. The maximum absolute atomic E-state index is 10.7. The Labute approximate surface area is 87.1 Å². The highest BCUT2D eigenvalue weighted by Crippen LogP contribution is 2.40. The molecule has 0 aliphatic carbocycles. The second-order valence-electron chi connectivity index (χ2n) is 3.74. The summed E-state index contributed by atoms with van der Waals surface area (Å²) in [6.45, 7) is 3.89. The molecule has 0 fully saturated rings. The van der Waals surface area contributed by atoms with Gasteiger partial charge in [-0.15, -0.1) is 4.91 Å². The van der Waals surface area contributed by atoms with Crippen LogP contribution in [0.4, 0.5) is 5.69 Å². The minimum absolute atomic E-state index is 0.0544. The molecule has 0 bridgehead atoms. The molecule has 0 saturated heterocycles. The van der Waals surface area contributed by atoms with E-state index in [0.717, 1.165) is 5.52 Å². The summed E-state index contributed by atoms with van der Waals surface area (Å²) in [5.74, 6) is -0.0544. The Balaban J connectivity index is 2.90. The SMILES string of the molecule is CC(C)n1c(O)c(N=O)c2ccccc21. The molecule has 78 valence electrons. The van der Waals surface area contributed by atoms with Crippen molar-refractivity contribution in [3.05, 3.63) is 29.2 Å². The molecule has 1 heterocycles. The van der Waals surface area contributed by atoms with Gasteiger partial charge in [-0.25, -0.2) is 0 Å². The topological polar surface area (TPSA) is 54.6 Å². The molecule has 2 aromatic rings. The normalized spacial score (nSPS) is 11.1. The van der Waals surface area contributed by atoms with Crippen LogP contribution in [0.1, 0.15) is 19.9 Å². The van der Waals surface area contributed by atoms with Gasteiger partial charge in [0.2, 0.25) is 5.88 Å². The summed E-state index contributed by atoms with van der Waals surface area (Å²) in [6, 6.07) is 7.43. The van der Waals surface area contributed by atoms with Crippen LogP contribution in [-0.4, -0.2) is 9.67 Å². The minimum Gasteiger partial charge on any atom is -0.493 e. The molecule has 0 unspecified atom stereocenters. The fraction of sp³-hybridized carbons (Fsp3) is 0.273. The molecule has 0 aliphatic rings. The zero-order valence-corrected chi connectivity index (χ0v) is 8.64. The number of nitrogens with zero attached hydrogens (tertiary/aromatic N) is 2. The minimum atomic E-state index is -0.0544. The van der Waals surface area contributed by atoms with Crippen molar-refractivity contribution in [2.45, 2.75) is 19.9 Å². The molecule has 1 N–H and O–H groups in total. The summed E-state index contributed by atoms with van der Waals surface area (Å²) >= 11 is 0. The number of hydrogen-bond donors (Lipinski definition) is 1. The Morgan fingerprint density at radius 1 is 1.33 bits per heavy atom. The number of benzene rings is 1. The van der Waals surface area contributed by atoms with Gasteiger partial charge in [0.15, 0.2) is 5.69 Å². The van der Waals surface area contributed by atoms with Crippen molar-refractivity contribution in [2.24, 2.45) is 5.18 Å². The lowest BCUT2D eigenvalue weighted by Gasteiger charge is -2.10. The Hall–Kier alpha value is -1.84.